The smallest absolute Gasteiger partial charge is 0.305 e. The van der Waals surface area contributed by atoms with Crippen LogP contribution < -0.4 is 15.6 Å². The lowest BCUT2D eigenvalue weighted by Crippen LogP contribution is -2.41. The maximum absolute atomic E-state index is 12.3. The number of hydrogen-bond acceptors (Lipinski definition) is 5. The summed E-state index contributed by atoms with van der Waals surface area (Å²) in [5, 5.41) is 0.811. The third-order valence-corrected chi connectivity index (χ3v) is 5.62. The average molecular weight is 413 g/mol. The molecule has 9 heteroatoms. The molecule has 0 fully saturated rings. The van der Waals surface area contributed by atoms with Gasteiger partial charge in [0.2, 0.25) is 10.0 Å². The molecule has 0 atom stereocenters. The van der Waals surface area contributed by atoms with Crippen molar-refractivity contribution in [2.24, 2.45) is 0 Å². The van der Waals surface area contributed by atoms with Crippen LogP contribution in [0.4, 0.5) is 0 Å². The number of benzene rings is 2. The van der Waals surface area contributed by atoms with Crippen molar-refractivity contribution < 1.29 is 22.4 Å². The Morgan fingerprint density at radius 2 is 1.69 bits per heavy atom. The number of aryl methyl sites for hydroxylation is 1. The first-order chi connectivity index (χ1) is 13.8. The number of carbonyl (C=O) groups excluding carboxylic acids is 2. The van der Waals surface area contributed by atoms with Gasteiger partial charge in [0.25, 0.3) is 5.91 Å². The summed E-state index contributed by atoms with van der Waals surface area (Å²) in [7, 11) is -3.68. The lowest BCUT2D eigenvalue weighted by Gasteiger charge is -2.08. The number of hydrogen-bond donors (Lipinski definition) is 3. The first-order valence-electron chi connectivity index (χ1n) is 8.63. The normalized spacial score (nSPS) is 11.2. The molecule has 3 rings (SSSR count). The number of amides is 2. The summed E-state index contributed by atoms with van der Waals surface area (Å²) in [5.74, 6) is -1.10. The van der Waals surface area contributed by atoms with Gasteiger partial charge in [0.1, 0.15) is 5.58 Å². The molecule has 0 aliphatic carbocycles. The van der Waals surface area contributed by atoms with Gasteiger partial charge in [-0.25, -0.2) is 13.1 Å². The van der Waals surface area contributed by atoms with E-state index in [1.807, 2.05) is 12.1 Å². The van der Waals surface area contributed by atoms with Gasteiger partial charge in [-0.05, 0) is 37.3 Å². The van der Waals surface area contributed by atoms with Crippen molar-refractivity contribution in [2.45, 2.75) is 11.8 Å². The van der Waals surface area contributed by atoms with Crippen molar-refractivity contribution in [3.05, 3.63) is 78.1 Å². The fourth-order valence-corrected chi connectivity index (χ4v) is 3.67. The first kappa shape index (κ1) is 20.3. The monoisotopic (exact) mass is 413 g/mol. The van der Waals surface area contributed by atoms with Gasteiger partial charge in [0.15, 0.2) is 5.76 Å². The zero-order valence-corrected chi connectivity index (χ0v) is 16.4. The molecule has 0 aliphatic rings. The van der Waals surface area contributed by atoms with Crippen molar-refractivity contribution in [1.29, 1.82) is 0 Å². The number of furan rings is 1. The molecule has 0 saturated heterocycles. The van der Waals surface area contributed by atoms with Crippen LogP contribution in [0.1, 0.15) is 26.5 Å². The van der Waals surface area contributed by atoms with Crippen molar-refractivity contribution in [1.82, 2.24) is 15.6 Å². The lowest BCUT2D eigenvalue weighted by atomic mass is 10.1. The average Bonchev–Trinajstić information content (AvgIpc) is 3.07. The molecule has 1 heterocycles. The molecule has 0 aliphatic heterocycles. The van der Waals surface area contributed by atoms with E-state index in [4.69, 9.17) is 4.42 Å². The summed E-state index contributed by atoms with van der Waals surface area (Å²) in [4.78, 5) is 24.6. The summed E-state index contributed by atoms with van der Waals surface area (Å²) in [5.41, 5.74) is 5.99. The summed E-state index contributed by atoms with van der Waals surface area (Å²) in [6.07, 6.45) is 1.42. The molecule has 0 radical (unpaired) electrons. The highest BCUT2D eigenvalue weighted by Crippen LogP contribution is 2.24. The van der Waals surface area contributed by atoms with Crippen LogP contribution in [-0.4, -0.2) is 26.8 Å². The van der Waals surface area contributed by atoms with Gasteiger partial charge in [-0.2, -0.15) is 0 Å². The van der Waals surface area contributed by atoms with E-state index in [-0.39, 0.29) is 22.8 Å². The van der Waals surface area contributed by atoms with Crippen LogP contribution in [0.2, 0.25) is 0 Å². The number of nitrogens with one attached hydrogen (secondary N) is 3. The quantitative estimate of drug-likeness (QED) is 0.423. The van der Waals surface area contributed by atoms with Crippen LogP contribution in [0, 0.1) is 6.92 Å². The van der Waals surface area contributed by atoms with E-state index in [2.05, 4.69) is 22.2 Å². The molecular weight excluding hydrogens is 394 g/mol. The minimum Gasteiger partial charge on any atom is -0.451 e. The number of hydrazine groups is 1. The minimum absolute atomic E-state index is 0.0119. The zero-order valence-electron chi connectivity index (χ0n) is 15.6. The Morgan fingerprint density at radius 3 is 2.34 bits per heavy atom. The molecule has 29 heavy (non-hydrogen) atoms. The van der Waals surface area contributed by atoms with Crippen molar-refractivity contribution in [3.8, 4) is 0 Å². The predicted octanol–water partition coefficient (Wildman–Crippen LogP) is 2.28. The van der Waals surface area contributed by atoms with E-state index >= 15 is 0 Å². The Labute approximate surface area is 167 Å². The van der Waals surface area contributed by atoms with Gasteiger partial charge < -0.3 is 4.42 Å². The Morgan fingerprint density at radius 1 is 1.03 bits per heavy atom. The molecule has 2 aromatic carbocycles. The van der Waals surface area contributed by atoms with Crippen LogP contribution in [0.3, 0.4) is 0 Å². The molecule has 0 bridgehead atoms. The molecule has 0 saturated carbocycles. The number of rotatable bonds is 6. The lowest BCUT2D eigenvalue weighted by molar-refractivity contribution is 0.0831. The molecule has 3 N–H and O–H groups in total. The van der Waals surface area contributed by atoms with E-state index in [0.29, 0.717) is 11.1 Å². The van der Waals surface area contributed by atoms with Gasteiger partial charge in [-0.15, -0.1) is 6.58 Å². The minimum atomic E-state index is -3.68. The SMILES string of the molecule is C=CCNS(=O)(=O)c1ccc(C(=O)NNC(=O)c2oc3ccccc3c2C)cc1. The number of carbonyl (C=O) groups is 2. The summed E-state index contributed by atoms with van der Waals surface area (Å²) < 4.78 is 31.9. The van der Waals surface area contributed by atoms with E-state index in [0.717, 1.165) is 5.39 Å². The van der Waals surface area contributed by atoms with Crippen molar-refractivity contribution in [3.63, 3.8) is 0 Å². The number of fused-ring (bicyclic) bond motifs is 1. The van der Waals surface area contributed by atoms with Gasteiger partial charge in [-0.1, -0.05) is 24.3 Å². The second-order valence-corrected chi connectivity index (χ2v) is 7.89. The molecule has 3 aromatic rings. The fourth-order valence-electron chi connectivity index (χ4n) is 2.67. The fraction of sp³-hybridized carbons (Fsp3) is 0.100. The maximum Gasteiger partial charge on any atom is 0.305 e. The largest absolute Gasteiger partial charge is 0.451 e. The highest BCUT2D eigenvalue weighted by Gasteiger charge is 2.18. The Hall–Kier alpha value is -3.43. The first-order valence-corrected chi connectivity index (χ1v) is 10.1. The van der Waals surface area contributed by atoms with Crippen LogP contribution >= 0.6 is 0 Å². The highest BCUT2D eigenvalue weighted by atomic mass is 32.2. The number of sulfonamides is 1. The molecule has 150 valence electrons. The number of para-hydroxylation sites is 1. The van der Waals surface area contributed by atoms with E-state index in [1.54, 1.807) is 19.1 Å². The maximum atomic E-state index is 12.3. The van der Waals surface area contributed by atoms with Crippen molar-refractivity contribution >= 4 is 32.8 Å². The van der Waals surface area contributed by atoms with Gasteiger partial charge >= 0.3 is 5.91 Å². The summed E-state index contributed by atoms with van der Waals surface area (Å²) in [6, 6.07) is 12.5. The predicted molar refractivity (Wildman–Crippen MR) is 108 cm³/mol. The Kier molecular flexibility index (Phi) is 5.81. The Balaban J connectivity index is 1.66. The zero-order chi connectivity index (χ0) is 21.0. The van der Waals surface area contributed by atoms with Crippen LogP contribution in [0.25, 0.3) is 11.0 Å². The third kappa shape index (κ3) is 4.36. The summed E-state index contributed by atoms with van der Waals surface area (Å²) >= 11 is 0. The second kappa shape index (κ2) is 8.29. The standard InChI is InChI=1S/C20H19N3O5S/c1-3-12-21-29(26,27)15-10-8-14(9-11-15)19(24)22-23-20(25)18-13(2)16-6-4-5-7-17(16)28-18/h3-11,21H,1,12H2,2H3,(H,22,24)(H,23,25). The molecule has 1 aromatic heterocycles. The molecule has 0 spiro atoms. The van der Waals surface area contributed by atoms with Gasteiger partial charge in [-0.3, -0.25) is 20.4 Å². The van der Waals surface area contributed by atoms with Gasteiger partial charge in [0, 0.05) is 23.1 Å². The van der Waals surface area contributed by atoms with Crippen LogP contribution in [0.15, 0.2) is 70.5 Å². The molecule has 8 nitrogen and oxygen atoms in total. The second-order valence-electron chi connectivity index (χ2n) is 6.13. The van der Waals surface area contributed by atoms with E-state index in [1.165, 1.54) is 30.3 Å². The van der Waals surface area contributed by atoms with Crippen molar-refractivity contribution in [2.75, 3.05) is 6.54 Å². The van der Waals surface area contributed by atoms with E-state index in [9.17, 15) is 18.0 Å². The molecule has 0 unspecified atom stereocenters. The highest BCUT2D eigenvalue weighted by molar-refractivity contribution is 7.89. The van der Waals surface area contributed by atoms with Gasteiger partial charge in [0.05, 0.1) is 4.90 Å². The van der Waals surface area contributed by atoms with Crippen LogP contribution in [0.5, 0.6) is 0 Å². The molecule has 2 amide bonds. The summed E-state index contributed by atoms with van der Waals surface area (Å²) in [6.45, 7) is 5.30. The Bertz CT molecular complexity index is 1180. The topological polar surface area (TPSA) is 118 Å². The van der Waals surface area contributed by atoms with Crippen LogP contribution in [-0.2, 0) is 10.0 Å². The van der Waals surface area contributed by atoms with E-state index < -0.39 is 21.8 Å². The molecular formula is C20H19N3O5S. The third-order valence-electron chi connectivity index (χ3n) is 4.18.